The molecule has 1 aliphatic rings. The largest absolute Gasteiger partial charge is 0.299 e. The third kappa shape index (κ3) is 3.28. The van der Waals surface area contributed by atoms with Crippen LogP contribution in [0.4, 0.5) is 0 Å². The third-order valence-electron chi connectivity index (χ3n) is 3.42. The van der Waals surface area contributed by atoms with E-state index in [-0.39, 0.29) is 11.5 Å². The van der Waals surface area contributed by atoms with Gasteiger partial charge in [0.15, 0.2) is 0 Å². The molecule has 96 valence electrons. The number of carbonyl (C=O) groups is 1. The highest BCUT2D eigenvalue weighted by molar-refractivity contribution is 6.04. The molecular formula is C16H21NO. The zero-order chi connectivity index (χ0) is 13.2. The van der Waals surface area contributed by atoms with Crippen LogP contribution in [0.3, 0.4) is 0 Å². The van der Waals surface area contributed by atoms with Crippen molar-refractivity contribution < 1.29 is 4.79 Å². The second kappa shape index (κ2) is 5.05. The molecule has 1 atom stereocenters. The molecule has 2 nitrogen and oxygen atoms in total. The zero-order valence-electron chi connectivity index (χ0n) is 11.4. The van der Waals surface area contributed by atoms with Crippen LogP contribution in [0.15, 0.2) is 35.3 Å². The molecule has 1 aliphatic carbocycles. The number of hydrogen-bond acceptors (Lipinski definition) is 2. The molecule has 0 aliphatic heterocycles. The maximum absolute atomic E-state index is 11.7. The van der Waals surface area contributed by atoms with Crippen LogP contribution in [0.5, 0.6) is 0 Å². The molecule has 0 spiro atoms. The number of aliphatic imine (C=N–C) groups is 1. The van der Waals surface area contributed by atoms with E-state index in [1.54, 1.807) is 0 Å². The Morgan fingerprint density at radius 3 is 2.44 bits per heavy atom. The minimum absolute atomic E-state index is 0.0740. The fraction of sp³-hybridized carbons (Fsp3) is 0.500. The van der Waals surface area contributed by atoms with Gasteiger partial charge >= 0.3 is 0 Å². The van der Waals surface area contributed by atoms with E-state index in [1.165, 1.54) is 5.56 Å². The van der Waals surface area contributed by atoms with Crippen LogP contribution in [-0.2, 0) is 4.79 Å². The normalized spacial score (nSPS) is 23.1. The molecule has 2 heteroatoms. The SMILES string of the molecule is C[C@H](N=C1CC(=O)CC(C)(C)C1)c1ccccc1. The van der Waals surface area contributed by atoms with E-state index < -0.39 is 0 Å². The molecule has 18 heavy (non-hydrogen) atoms. The van der Waals surface area contributed by atoms with Gasteiger partial charge < -0.3 is 0 Å². The first-order valence-corrected chi connectivity index (χ1v) is 6.58. The molecule has 0 heterocycles. The van der Waals surface area contributed by atoms with Crippen LogP contribution in [-0.4, -0.2) is 11.5 Å². The Morgan fingerprint density at radius 2 is 1.83 bits per heavy atom. The van der Waals surface area contributed by atoms with Gasteiger partial charge in [-0.25, -0.2) is 0 Å². The van der Waals surface area contributed by atoms with Crippen LogP contribution in [0.25, 0.3) is 0 Å². The Morgan fingerprint density at radius 1 is 1.17 bits per heavy atom. The molecule has 0 amide bonds. The Labute approximate surface area is 109 Å². The topological polar surface area (TPSA) is 29.4 Å². The first-order chi connectivity index (χ1) is 8.46. The van der Waals surface area contributed by atoms with Crippen molar-refractivity contribution in [3.63, 3.8) is 0 Å². The number of benzene rings is 1. The summed E-state index contributed by atoms with van der Waals surface area (Å²) in [7, 11) is 0. The summed E-state index contributed by atoms with van der Waals surface area (Å²) >= 11 is 0. The number of carbonyl (C=O) groups excluding carboxylic acids is 1. The number of ketones is 1. The summed E-state index contributed by atoms with van der Waals surface area (Å²) in [5.74, 6) is 0.324. The van der Waals surface area contributed by atoms with Crippen molar-refractivity contribution in [3.8, 4) is 0 Å². The van der Waals surface area contributed by atoms with Crippen LogP contribution < -0.4 is 0 Å². The predicted molar refractivity (Wildman–Crippen MR) is 74.9 cm³/mol. The van der Waals surface area contributed by atoms with E-state index in [9.17, 15) is 4.79 Å². The summed E-state index contributed by atoms with van der Waals surface area (Å²) in [5.41, 5.74) is 2.35. The van der Waals surface area contributed by atoms with Crippen molar-refractivity contribution in [1.82, 2.24) is 0 Å². The molecule has 1 fully saturated rings. The Bertz CT molecular complexity index is 459. The van der Waals surface area contributed by atoms with Gasteiger partial charge in [-0.3, -0.25) is 9.79 Å². The molecule has 2 rings (SSSR count). The minimum Gasteiger partial charge on any atom is -0.299 e. The van der Waals surface area contributed by atoms with Gasteiger partial charge in [-0.2, -0.15) is 0 Å². The predicted octanol–water partition coefficient (Wildman–Crippen LogP) is 3.97. The van der Waals surface area contributed by atoms with Gasteiger partial charge in [-0.15, -0.1) is 0 Å². The van der Waals surface area contributed by atoms with Gasteiger partial charge in [0.2, 0.25) is 0 Å². The van der Waals surface area contributed by atoms with E-state index in [0.29, 0.717) is 18.6 Å². The molecule has 0 bridgehead atoms. The second-order valence-electron chi connectivity index (χ2n) is 6.02. The molecule has 0 N–H and O–H groups in total. The highest BCUT2D eigenvalue weighted by Crippen LogP contribution is 2.33. The van der Waals surface area contributed by atoms with Gasteiger partial charge in [0, 0.05) is 18.6 Å². The number of hydrogen-bond donors (Lipinski definition) is 0. The lowest BCUT2D eigenvalue weighted by atomic mass is 9.76. The molecular weight excluding hydrogens is 222 g/mol. The molecule has 0 unspecified atom stereocenters. The van der Waals surface area contributed by atoms with E-state index in [0.717, 1.165) is 12.1 Å². The monoisotopic (exact) mass is 243 g/mol. The smallest absolute Gasteiger partial charge is 0.139 e. The van der Waals surface area contributed by atoms with Crippen molar-refractivity contribution in [2.24, 2.45) is 10.4 Å². The number of rotatable bonds is 2. The first kappa shape index (κ1) is 13.0. The van der Waals surface area contributed by atoms with Crippen LogP contribution >= 0.6 is 0 Å². The summed E-state index contributed by atoms with van der Waals surface area (Å²) in [5, 5.41) is 0. The van der Waals surface area contributed by atoms with Crippen molar-refractivity contribution in [2.45, 2.75) is 46.1 Å². The number of Topliss-reactive ketones (excluding diaryl/α,β-unsaturated/α-hetero) is 1. The molecule has 0 aromatic heterocycles. The molecule has 0 radical (unpaired) electrons. The zero-order valence-corrected chi connectivity index (χ0v) is 11.4. The molecule has 1 aromatic rings. The van der Waals surface area contributed by atoms with Crippen molar-refractivity contribution in [3.05, 3.63) is 35.9 Å². The van der Waals surface area contributed by atoms with E-state index in [2.05, 4.69) is 32.9 Å². The van der Waals surface area contributed by atoms with E-state index >= 15 is 0 Å². The average molecular weight is 243 g/mol. The average Bonchev–Trinajstić information content (AvgIpc) is 2.27. The fourth-order valence-electron chi connectivity index (χ4n) is 2.67. The van der Waals surface area contributed by atoms with Crippen molar-refractivity contribution in [1.29, 1.82) is 0 Å². The summed E-state index contributed by atoms with van der Waals surface area (Å²) in [4.78, 5) is 16.5. The Hall–Kier alpha value is -1.44. The maximum atomic E-state index is 11.7. The molecule has 1 aromatic carbocycles. The lowest BCUT2D eigenvalue weighted by Gasteiger charge is -2.29. The van der Waals surface area contributed by atoms with Gasteiger partial charge in [0.05, 0.1) is 6.04 Å². The molecule has 1 saturated carbocycles. The summed E-state index contributed by atoms with van der Waals surface area (Å²) in [6.07, 6.45) is 2.17. The lowest BCUT2D eigenvalue weighted by Crippen LogP contribution is -2.29. The Balaban J connectivity index is 2.15. The van der Waals surface area contributed by atoms with Crippen molar-refractivity contribution in [2.75, 3.05) is 0 Å². The Kier molecular flexibility index (Phi) is 3.65. The van der Waals surface area contributed by atoms with Crippen LogP contribution in [0.1, 0.15) is 51.6 Å². The van der Waals surface area contributed by atoms with Gasteiger partial charge in [-0.05, 0) is 24.3 Å². The quantitative estimate of drug-likeness (QED) is 0.772. The fourth-order valence-corrected chi connectivity index (χ4v) is 2.67. The summed E-state index contributed by atoms with van der Waals surface area (Å²) in [6, 6.07) is 10.4. The number of nitrogens with zero attached hydrogens (tertiary/aromatic N) is 1. The van der Waals surface area contributed by atoms with Gasteiger partial charge in [-0.1, -0.05) is 44.2 Å². The lowest BCUT2D eigenvalue weighted by molar-refractivity contribution is -0.120. The highest BCUT2D eigenvalue weighted by Gasteiger charge is 2.30. The molecule has 0 saturated heterocycles. The standard InChI is InChI=1S/C16H21NO/c1-12(13-7-5-4-6-8-13)17-14-9-15(18)11-16(2,3)10-14/h4-8,12H,9-11H2,1-3H3/t12-/m0/s1. The minimum atomic E-state index is 0.0740. The highest BCUT2D eigenvalue weighted by atomic mass is 16.1. The second-order valence-corrected chi connectivity index (χ2v) is 6.02. The van der Waals surface area contributed by atoms with Crippen LogP contribution in [0, 0.1) is 5.41 Å². The van der Waals surface area contributed by atoms with E-state index in [1.807, 2.05) is 18.2 Å². The van der Waals surface area contributed by atoms with E-state index in [4.69, 9.17) is 4.99 Å². The summed E-state index contributed by atoms with van der Waals surface area (Å²) < 4.78 is 0. The van der Waals surface area contributed by atoms with Crippen LogP contribution in [0.2, 0.25) is 0 Å². The van der Waals surface area contributed by atoms with Gasteiger partial charge in [0.1, 0.15) is 5.78 Å². The third-order valence-corrected chi connectivity index (χ3v) is 3.42. The van der Waals surface area contributed by atoms with Crippen molar-refractivity contribution >= 4 is 11.5 Å². The van der Waals surface area contributed by atoms with Gasteiger partial charge in [0.25, 0.3) is 0 Å². The maximum Gasteiger partial charge on any atom is 0.139 e. The first-order valence-electron chi connectivity index (χ1n) is 6.58. The summed E-state index contributed by atoms with van der Waals surface area (Å²) in [6.45, 7) is 6.38.